The molecule has 0 aromatic rings. The van der Waals surface area contributed by atoms with E-state index < -0.39 is 74.6 Å². The van der Waals surface area contributed by atoms with E-state index in [0.717, 1.165) is 32.1 Å². The van der Waals surface area contributed by atoms with E-state index in [1.165, 1.54) is 19.3 Å². The van der Waals surface area contributed by atoms with E-state index in [2.05, 4.69) is 6.58 Å². The number of rotatable bonds is 15. The maximum absolute atomic E-state index is 10.6. The summed E-state index contributed by atoms with van der Waals surface area (Å²) >= 11 is 0. The first-order valence-electron chi connectivity index (χ1n) is 12.2. The summed E-state index contributed by atoms with van der Waals surface area (Å²) in [5.74, 6) is 0. The molecule has 2 rings (SSSR count). The van der Waals surface area contributed by atoms with Crippen LogP contribution in [-0.2, 0) is 18.9 Å². The van der Waals surface area contributed by atoms with Crippen LogP contribution in [0.3, 0.4) is 0 Å². The predicted octanol–water partition coefficient (Wildman–Crippen LogP) is -1.07. The van der Waals surface area contributed by atoms with Crippen molar-refractivity contribution in [1.29, 1.82) is 0 Å². The van der Waals surface area contributed by atoms with Gasteiger partial charge in [-0.15, -0.1) is 6.58 Å². The minimum Gasteiger partial charge on any atom is -0.394 e. The van der Waals surface area contributed by atoms with E-state index in [9.17, 15) is 35.7 Å². The quantitative estimate of drug-likeness (QED) is 0.109. The predicted molar refractivity (Wildman–Crippen MR) is 119 cm³/mol. The Morgan fingerprint density at radius 3 is 1.82 bits per heavy atom. The van der Waals surface area contributed by atoms with Gasteiger partial charge in [0.2, 0.25) is 0 Å². The Morgan fingerprint density at radius 2 is 1.21 bits per heavy atom. The molecule has 7 N–H and O–H groups in total. The van der Waals surface area contributed by atoms with Gasteiger partial charge in [-0.05, 0) is 19.3 Å². The van der Waals surface area contributed by atoms with Crippen LogP contribution in [-0.4, -0.2) is 117 Å². The van der Waals surface area contributed by atoms with Gasteiger partial charge >= 0.3 is 0 Å². The third-order valence-corrected chi connectivity index (χ3v) is 6.30. The summed E-state index contributed by atoms with van der Waals surface area (Å²) < 4.78 is 22.0. The standard InChI is InChI=1S/C23H42O11/c1-2-3-4-5-6-7-8-9-10-11-31-22-20(30)18(28)21(15(13-25)33-22)34-23-19(29)17(27)16(26)14(12-24)32-23/h2,14-30H,1,3-13H2/t14?,15?,16-,17+,18?,19?,20+,21-,22-,23-/m1/s1. The topological polar surface area (TPSA) is 179 Å². The Kier molecular flexibility index (Phi) is 13.4. The van der Waals surface area contributed by atoms with Crippen LogP contribution in [0.25, 0.3) is 0 Å². The molecule has 0 saturated carbocycles. The Labute approximate surface area is 200 Å². The van der Waals surface area contributed by atoms with E-state index in [0.29, 0.717) is 6.61 Å². The molecule has 11 nitrogen and oxygen atoms in total. The van der Waals surface area contributed by atoms with E-state index >= 15 is 0 Å². The molecule has 200 valence electrons. The number of aliphatic hydroxyl groups is 7. The van der Waals surface area contributed by atoms with Gasteiger partial charge in [-0.25, -0.2) is 0 Å². The lowest BCUT2D eigenvalue weighted by Crippen LogP contribution is -2.64. The van der Waals surface area contributed by atoms with Crippen LogP contribution < -0.4 is 0 Å². The summed E-state index contributed by atoms with van der Waals surface area (Å²) in [5.41, 5.74) is 0. The third kappa shape index (κ3) is 8.17. The minimum absolute atomic E-state index is 0.307. The van der Waals surface area contributed by atoms with Crippen molar-refractivity contribution in [3.05, 3.63) is 12.7 Å². The Bertz CT molecular complexity index is 561. The van der Waals surface area contributed by atoms with E-state index in [-0.39, 0.29) is 0 Å². The fourth-order valence-electron chi connectivity index (χ4n) is 4.17. The molecule has 0 aromatic carbocycles. The second-order valence-electron chi connectivity index (χ2n) is 8.93. The minimum atomic E-state index is -1.70. The van der Waals surface area contributed by atoms with Gasteiger partial charge in [0, 0.05) is 6.61 Å². The molecule has 0 aliphatic carbocycles. The van der Waals surface area contributed by atoms with Crippen molar-refractivity contribution in [2.75, 3.05) is 19.8 Å². The van der Waals surface area contributed by atoms with Gasteiger partial charge in [0.1, 0.15) is 48.8 Å². The highest BCUT2D eigenvalue weighted by Crippen LogP contribution is 2.29. The Hall–Kier alpha value is -0.700. The van der Waals surface area contributed by atoms with Crippen molar-refractivity contribution >= 4 is 0 Å². The smallest absolute Gasteiger partial charge is 0.187 e. The number of allylic oxidation sites excluding steroid dienone is 1. The zero-order valence-corrected chi connectivity index (χ0v) is 19.6. The van der Waals surface area contributed by atoms with E-state index in [1.54, 1.807) is 0 Å². The number of hydrogen-bond donors (Lipinski definition) is 7. The highest BCUT2D eigenvalue weighted by atomic mass is 16.7. The molecule has 2 aliphatic heterocycles. The van der Waals surface area contributed by atoms with Crippen molar-refractivity contribution in [1.82, 2.24) is 0 Å². The summed E-state index contributed by atoms with van der Waals surface area (Å²) in [6, 6.07) is 0. The number of unbranched alkanes of at least 4 members (excludes halogenated alkanes) is 7. The lowest BCUT2D eigenvalue weighted by molar-refractivity contribution is -0.359. The average molecular weight is 495 g/mol. The number of aliphatic hydroxyl groups excluding tert-OH is 7. The first kappa shape index (κ1) is 29.5. The summed E-state index contributed by atoms with van der Waals surface area (Å²) in [7, 11) is 0. The monoisotopic (exact) mass is 494 g/mol. The molecule has 4 unspecified atom stereocenters. The van der Waals surface area contributed by atoms with Crippen molar-refractivity contribution in [3.63, 3.8) is 0 Å². The van der Waals surface area contributed by atoms with Gasteiger partial charge < -0.3 is 54.7 Å². The molecule has 10 atom stereocenters. The summed E-state index contributed by atoms with van der Waals surface area (Å²) in [6.45, 7) is 2.79. The molecule has 0 amide bonds. The maximum Gasteiger partial charge on any atom is 0.187 e. The molecule has 2 heterocycles. The lowest BCUT2D eigenvalue weighted by Gasteiger charge is -2.45. The van der Waals surface area contributed by atoms with Gasteiger partial charge in [-0.1, -0.05) is 38.2 Å². The molecule has 2 aliphatic rings. The largest absolute Gasteiger partial charge is 0.394 e. The molecule has 0 radical (unpaired) electrons. The second kappa shape index (κ2) is 15.4. The Balaban J connectivity index is 1.78. The molecule has 11 heteroatoms. The highest BCUT2D eigenvalue weighted by Gasteiger charge is 2.50. The van der Waals surface area contributed by atoms with Crippen LogP contribution in [0.1, 0.15) is 51.4 Å². The summed E-state index contributed by atoms with van der Waals surface area (Å²) in [6.07, 6.45) is -3.93. The second-order valence-corrected chi connectivity index (χ2v) is 8.93. The van der Waals surface area contributed by atoms with Crippen LogP contribution in [0.4, 0.5) is 0 Å². The third-order valence-electron chi connectivity index (χ3n) is 6.30. The van der Waals surface area contributed by atoms with Gasteiger partial charge in [-0.2, -0.15) is 0 Å². The fourth-order valence-corrected chi connectivity index (χ4v) is 4.17. The normalized spacial score (nSPS) is 38.7. The molecular formula is C23H42O11. The van der Waals surface area contributed by atoms with E-state index in [4.69, 9.17) is 18.9 Å². The fraction of sp³-hybridized carbons (Fsp3) is 0.913. The van der Waals surface area contributed by atoms with E-state index in [1.807, 2.05) is 6.08 Å². The molecule has 0 bridgehead atoms. The van der Waals surface area contributed by atoms with Gasteiger partial charge in [0.15, 0.2) is 12.6 Å². The van der Waals surface area contributed by atoms with Crippen LogP contribution >= 0.6 is 0 Å². The zero-order chi connectivity index (χ0) is 25.1. The molecule has 0 aromatic heterocycles. The number of ether oxygens (including phenoxy) is 4. The maximum atomic E-state index is 10.6. The summed E-state index contributed by atoms with van der Waals surface area (Å²) in [5, 5.41) is 70.0. The first-order valence-corrected chi connectivity index (χ1v) is 12.2. The lowest BCUT2D eigenvalue weighted by atomic mass is 9.97. The van der Waals surface area contributed by atoms with Gasteiger partial charge in [-0.3, -0.25) is 0 Å². The SMILES string of the molecule is C=CCCCCCCCCCO[C@@H]1OC(CO)[C@@H](O[C@H]2OC(CO)[C@@H](O)[C@H](O)C2O)C(O)[C@@H]1O. The molecule has 0 spiro atoms. The number of hydrogen-bond acceptors (Lipinski definition) is 11. The molecule has 34 heavy (non-hydrogen) atoms. The Morgan fingerprint density at radius 1 is 0.647 bits per heavy atom. The zero-order valence-electron chi connectivity index (χ0n) is 19.6. The van der Waals surface area contributed by atoms with Crippen molar-refractivity contribution < 1.29 is 54.7 Å². The van der Waals surface area contributed by atoms with Crippen LogP contribution in [0.2, 0.25) is 0 Å². The van der Waals surface area contributed by atoms with Crippen molar-refractivity contribution in [2.45, 2.75) is 113 Å². The van der Waals surface area contributed by atoms with Crippen molar-refractivity contribution in [3.8, 4) is 0 Å². The van der Waals surface area contributed by atoms with Crippen LogP contribution in [0.15, 0.2) is 12.7 Å². The highest BCUT2D eigenvalue weighted by molar-refractivity contribution is 4.94. The molecule has 2 saturated heterocycles. The van der Waals surface area contributed by atoms with Crippen LogP contribution in [0, 0.1) is 0 Å². The molecule has 2 fully saturated rings. The average Bonchev–Trinajstić information content (AvgIpc) is 2.84. The van der Waals surface area contributed by atoms with Gasteiger partial charge in [0.25, 0.3) is 0 Å². The molecular weight excluding hydrogens is 452 g/mol. The van der Waals surface area contributed by atoms with Crippen LogP contribution in [0.5, 0.6) is 0 Å². The summed E-state index contributed by atoms with van der Waals surface area (Å²) in [4.78, 5) is 0. The first-order chi connectivity index (χ1) is 16.3. The van der Waals surface area contributed by atoms with Gasteiger partial charge in [0.05, 0.1) is 13.2 Å². The van der Waals surface area contributed by atoms with Crippen molar-refractivity contribution in [2.24, 2.45) is 0 Å².